The lowest BCUT2D eigenvalue weighted by Gasteiger charge is -2.06. The molecule has 0 bridgehead atoms. The summed E-state index contributed by atoms with van der Waals surface area (Å²) < 4.78 is 19.3. The van der Waals surface area contributed by atoms with Crippen LogP contribution in [0, 0.1) is 12.7 Å². The third-order valence-corrected chi connectivity index (χ3v) is 4.04. The summed E-state index contributed by atoms with van der Waals surface area (Å²) >= 11 is 0. The summed E-state index contributed by atoms with van der Waals surface area (Å²) in [6.45, 7) is 1.82. The van der Waals surface area contributed by atoms with E-state index in [9.17, 15) is 14.3 Å². The van der Waals surface area contributed by atoms with Gasteiger partial charge in [0.15, 0.2) is 5.76 Å². The van der Waals surface area contributed by atoms with Crippen LogP contribution in [-0.4, -0.2) is 16.2 Å². The minimum absolute atomic E-state index is 0.00593. The molecule has 2 aromatic rings. The normalized spacial score (nSPS) is 15.5. The third-order valence-electron chi connectivity index (χ3n) is 4.04. The van der Waals surface area contributed by atoms with Crippen LogP contribution in [0.15, 0.2) is 22.7 Å². The Morgan fingerprint density at radius 3 is 2.76 bits per heavy atom. The van der Waals surface area contributed by atoms with Crippen LogP contribution in [-0.2, 0) is 0 Å². The number of hydrogen-bond donors (Lipinski definition) is 1. The van der Waals surface area contributed by atoms with Gasteiger partial charge in [0.2, 0.25) is 0 Å². The van der Waals surface area contributed by atoms with Gasteiger partial charge >= 0.3 is 5.97 Å². The maximum absolute atomic E-state index is 14.0. The molecule has 1 fully saturated rings. The molecule has 3 rings (SSSR count). The molecule has 1 aliphatic carbocycles. The average molecular weight is 289 g/mol. The van der Waals surface area contributed by atoms with Gasteiger partial charge in [0, 0.05) is 11.5 Å². The number of carbonyl (C=O) groups is 1. The zero-order chi connectivity index (χ0) is 15.0. The summed E-state index contributed by atoms with van der Waals surface area (Å²) in [5.74, 6) is -1.15. The lowest BCUT2D eigenvalue weighted by molar-refractivity contribution is 0.0694. The summed E-state index contributed by atoms with van der Waals surface area (Å²) in [5.41, 5.74) is 1.12. The Labute approximate surface area is 121 Å². The van der Waals surface area contributed by atoms with Gasteiger partial charge in [0.25, 0.3) is 0 Å². The lowest BCUT2D eigenvalue weighted by atomic mass is 9.97. The van der Waals surface area contributed by atoms with Gasteiger partial charge in [-0.05, 0) is 31.9 Å². The van der Waals surface area contributed by atoms with Crippen LogP contribution in [0.25, 0.3) is 11.3 Å². The zero-order valence-electron chi connectivity index (χ0n) is 11.7. The minimum Gasteiger partial charge on any atom is -0.477 e. The number of halogens is 1. The number of hydrogen-bond acceptors (Lipinski definition) is 3. The predicted octanol–water partition coefficient (Wildman–Crippen LogP) is 4.14. The van der Waals surface area contributed by atoms with Crippen molar-refractivity contribution in [1.29, 1.82) is 0 Å². The zero-order valence-corrected chi connectivity index (χ0v) is 11.7. The summed E-state index contributed by atoms with van der Waals surface area (Å²) in [6, 6.07) is 4.55. The van der Waals surface area contributed by atoms with Crippen LogP contribution in [0.4, 0.5) is 4.39 Å². The molecule has 0 spiro atoms. The fourth-order valence-electron chi connectivity index (χ4n) is 2.98. The van der Waals surface area contributed by atoms with Crippen molar-refractivity contribution in [2.24, 2.45) is 0 Å². The molecule has 1 N–H and O–H groups in total. The number of rotatable bonds is 3. The van der Waals surface area contributed by atoms with Gasteiger partial charge in [-0.2, -0.15) is 0 Å². The first-order valence-corrected chi connectivity index (χ1v) is 7.07. The second-order valence-corrected chi connectivity index (χ2v) is 5.54. The first kappa shape index (κ1) is 13.8. The van der Waals surface area contributed by atoms with E-state index in [4.69, 9.17) is 4.52 Å². The molecule has 1 aliphatic rings. The van der Waals surface area contributed by atoms with E-state index < -0.39 is 11.8 Å². The molecule has 0 unspecified atom stereocenters. The van der Waals surface area contributed by atoms with Crippen LogP contribution < -0.4 is 0 Å². The predicted molar refractivity (Wildman–Crippen MR) is 74.8 cm³/mol. The van der Waals surface area contributed by atoms with Crippen molar-refractivity contribution in [3.63, 3.8) is 0 Å². The Hall–Kier alpha value is -2.17. The number of benzene rings is 1. The highest BCUT2D eigenvalue weighted by atomic mass is 19.1. The maximum atomic E-state index is 14.0. The summed E-state index contributed by atoms with van der Waals surface area (Å²) in [6.07, 6.45) is 3.90. The van der Waals surface area contributed by atoms with Crippen molar-refractivity contribution >= 4 is 5.97 Å². The van der Waals surface area contributed by atoms with Gasteiger partial charge in [0.1, 0.15) is 17.1 Å². The van der Waals surface area contributed by atoms with Crippen molar-refractivity contribution < 1.29 is 18.8 Å². The van der Waals surface area contributed by atoms with E-state index in [0.717, 1.165) is 31.2 Å². The molecular formula is C16H16FNO3. The van der Waals surface area contributed by atoms with Crippen molar-refractivity contribution in [3.05, 3.63) is 40.9 Å². The van der Waals surface area contributed by atoms with Crippen LogP contribution in [0.2, 0.25) is 0 Å². The van der Waals surface area contributed by atoms with E-state index in [1.165, 1.54) is 6.07 Å². The third kappa shape index (κ3) is 2.44. The quantitative estimate of drug-likeness (QED) is 0.922. The molecule has 0 radical (unpaired) electrons. The highest BCUT2D eigenvalue weighted by molar-refractivity contribution is 5.96. The Morgan fingerprint density at radius 1 is 1.38 bits per heavy atom. The van der Waals surface area contributed by atoms with Gasteiger partial charge in [-0.1, -0.05) is 29.6 Å². The molecule has 1 saturated carbocycles. The SMILES string of the molecule is Cc1ccc(F)c(-c2noc(C3CCCC3)c2C(=O)O)c1. The van der Waals surface area contributed by atoms with Crippen LogP contribution in [0.3, 0.4) is 0 Å². The number of carboxylic acids is 1. The minimum atomic E-state index is -1.12. The monoisotopic (exact) mass is 289 g/mol. The second kappa shape index (κ2) is 5.31. The fraction of sp³-hybridized carbons (Fsp3) is 0.375. The maximum Gasteiger partial charge on any atom is 0.341 e. The van der Waals surface area contributed by atoms with Crippen molar-refractivity contribution in [3.8, 4) is 11.3 Å². The Morgan fingerprint density at radius 2 is 2.10 bits per heavy atom. The molecule has 110 valence electrons. The lowest BCUT2D eigenvalue weighted by Crippen LogP contribution is -2.04. The number of aromatic nitrogens is 1. The van der Waals surface area contributed by atoms with Gasteiger partial charge in [-0.15, -0.1) is 0 Å². The highest BCUT2D eigenvalue weighted by Crippen LogP contribution is 2.39. The average Bonchev–Trinajstić information content (AvgIpc) is 3.08. The van der Waals surface area contributed by atoms with Gasteiger partial charge in [-0.25, -0.2) is 9.18 Å². The van der Waals surface area contributed by atoms with Gasteiger partial charge < -0.3 is 9.63 Å². The molecule has 1 aromatic heterocycles. The van der Waals surface area contributed by atoms with Crippen molar-refractivity contribution in [2.75, 3.05) is 0 Å². The molecule has 1 heterocycles. The van der Waals surface area contributed by atoms with E-state index in [0.29, 0.717) is 5.76 Å². The molecular weight excluding hydrogens is 273 g/mol. The van der Waals surface area contributed by atoms with E-state index in [2.05, 4.69) is 5.16 Å². The van der Waals surface area contributed by atoms with Crippen LogP contribution in [0.5, 0.6) is 0 Å². The molecule has 0 saturated heterocycles. The molecule has 4 nitrogen and oxygen atoms in total. The van der Waals surface area contributed by atoms with Crippen LogP contribution in [0.1, 0.15) is 53.3 Å². The molecule has 5 heteroatoms. The van der Waals surface area contributed by atoms with Gasteiger partial charge in [0.05, 0.1) is 0 Å². The number of aryl methyl sites for hydroxylation is 1. The number of aromatic carboxylic acids is 1. The Kier molecular flexibility index (Phi) is 3.49. The van der Waals surface area contributed by atoms with Crippen LogP contribution >= 0.6 is 0 Å². The molecule has 21 heavy (non-hydrogen) atoms. The largest absolute Gasteiger partial charge is 0.477 e. The van der Waals surface area contributed by atoms with E-state index in [1.54, 1.807) is 12.1 Å². The van der Waals surface area contributed by atoms with Crippen molar-refractivity contribution in [1.82, 2.24) is 5.16 Å². The number of carboxylic acid groups (broad SMARTS) is 1. The smallest absolute Gasteiger partial charge is 0.341 e. The summed E-state index contributed by atoms with van der Waals surface area (Å²) in [5, 5.41) is 13.4. The van der Waals surface area contributed by atoms with E-state index >= 15 is 0 Å². The standard InChI is InChI=1S/C16H16FNO3/c1-9-6-7-12(17)11(8-9)14-13(16(19)20)15(21-18-14)10-4-2-3-5-10/h6-8,10H,2-5H2,1H3,(H,19,20). The first-order chi connectivity index (χ1) is 10.1. The Balaban J connectivity index is 2.14. The second-order valence-electron chi connectivity index (χ2n) is 5.54. The first-order valence-electron chi connectivity index (χ1n) is 7.07. The molecule has 1 aromatic carbocycles. The molecule has 0 amide bonds. The van der Waals surface area contributed by atoms with Crippen molar-refractivity contribution in [2.45, 2.75) is 38.5 Å². The summed E-state index contributed by atoms with van der Waals surface area (Å²) in [7, 11) is 0. The summed E-state index contributed by atoms with van der Waals surface area (Å²) in [4.78, 5) is 11.6. The van der Waals surface area contributed by atoms with E-state index in [-0.39, 0.29) is 22.7 Å². The molecule has 0 aliphatic heterocycles. The topological polar surface area (TPSA) is 63.3 Å². The van der Waals surface area contributed by atoms with Gasteiger partial charge in [-0.3, -0.25) is 0 Å². The molecule has 0 atom stereocenters. The fourth-order valence-corrected chi connectivity index (χ4v) is 2.98. The number of nitrogens with zero attached hydrogens (tertiary/aromatic N) is 1. The highest BCUT2D eigenvalue weighted by Gasteiger charge is 2.31. The van der Waals surface area contributed by atoms with E-state index in [1.807, 2.05) is 6.92 Å². The Bertz CT molecular complexity index is 687.